The van der Waals surface area contributed by atoms with E-state index in [0.717, 1.165) is 38.5 Å². The Balaban J connectivity index is 1.84. The van der Waals surface area contributed by atoms with E-state index in [2.05, 4.69) is 5.32 Å². The molecule has 0 spiro atoms. The predicted octanol–water partition coefficient (Wildman–Crippen LogP) is 2.03. The Morgan fingerprint density at radius 3 is 2.19 bits per heavy atom. The highest BCUT2D eigenvalue weighted by Crippen LogP contribution is 2.24. The number of carbonyl (C=O) groups is 1. The molecule has 2 rings (SSSR count). The largest absolute Gasteiger partial charge is 0.353 e. The first-order valence-corrected chi connectivity index (χ1v) is 10.1. The van der Waals surface area contributed by atoms with E-state index in [1.807, 2.05) is 0 Å². The number of hydrogen-bond acceptors (Lipinski definition) is 3. The minimum atomic E-state index is -3.23. The zero-order valence-electron chi connectivity index (χ0n) is 13.0. The smallest absolute Gasteiger partial charge is 0.221 e. The van der Waals surface area contributed by atoms with Crippen LogP contribution in [0.1, 0.15) is 64.2 Å². The van der Waals surface area contributed by atoms with Crippen molar-refractivity contribution in [1.29, 1.82) is 0 Å². The van der Waals surface area contributed by atoms with Crippen molar-refractivity contribution in [3.8, 4) is 0 Å². The molecule has 1 N–H and O–H groups in total. The van der Waals surface area contributed by atoms with Crippen molar-refractivity contribution in [3.63, 3.8) is 0 Å². The number of amides is 1. The number of sulfonamides is 1. The lowest BCUT2D eigenvalue weighted by molar-refractivity contribution is -0.121. The van der Waals surface area contributed by atoms with Crippen LogP contribution in [0.25, 0.3) is 0 Å². The molecule has 122 valence electrons. The van der Waals surface area contributed by atoms with E-state index >= 15 is 0 Å². The Morgan fingerprint density at radius 1 is 1.05 bits per heavy atom. The second kappa shape index (κ2) is 7.58. The van der Waals surface area contributed by atoms with Gasteiger partial charge in [-0.3, -0.25) is 4.79 Å². The standard InChI is InChI=1S/C15H28N2O3S/c1-21(19,20)17(14-9-3-2-4-10-14)12-11-15(18)16-13-7-5-6-8-13/h13-14H,2-12H2,1H3,(H,16,18). The van der Waals surface area contributed by atoms with Crippen LogP contribution in [-0.2, 0) is 14.8 Å². The molecule has 0 saturated heterocycles. The summed E-state index contributed by atoms with van der Waals surface area (Å²) in [6.45, 7) is 0.321. The van der Waals surface area contributed by atoms with Crippen LogP contribution in [0.15, 0.2) is 0 Å². The quantitative estimate of drug-likeness (QED) is 0.815. The molecular weight excluding hydrogens is 288 g/mol. The molecule has 6 heteroatoms. The van der Waals surface area contributed by atoms with Crippen LogP contribution in [0.2, 0.25) is 0 Å². The molecule has 2 fully saturated rings. The highest BCUT2D eigenvalue weighted by molar-refractivity contribution is 7.88. The molecule has 0 heterocycles. The number of rotatable bonds is 6. The van der Waals surface area contributed by atoms with Crippen LogP contribution in [0.5, 0.6) is 0 Å². The number of carbonyl (C=O) groups excluding carboxylic acids is 1. The lowest BCUT2D eigenvalue weighted by Gasteiger charge is -2.32. The summed E-state index contributed by atoms with van der Waals surface area (Å²) in [5.41, 5.74) is 0. The third-order valence-electron chi connectivity index (χ3n) is 4.69. The van der Waals surface area contributed by atoms with Crippen LogP contribution >= 0.6 is 0 Å². The molecule has 0 aromatic rings. The molecule has 0 unspecified atom stereocenters. The second-order valence-corrected chi connectivity index (χ2v) is 8.40. The van der Waals surface area contributed by atoms with Crippen molar-refractivity contribution in [2.75, 3.05) is 12.8 Å². The number of hydrogen-bond donors (Lipinski definition) is 1. The molecular formula is C15H28N2O3S. The second-order valence-electron chi connectivity index (χ2n) is 6.46. The summed E-state index contributed by atoms with van der Waals surface area (Å²) in [4.78, 5) is 12.0. The maximum absolute atomic E-state index is 12.0. The van der Waals surface area contributed by atoms with E-state index in [4.69, 9.17) is 0 Å². The fraction of sp³-hybridized carbons (Fsp3) is 0.933. The number of nitrogens with zero attached hydrogens (tertiary/aromatic N) is 1. The van der Waals surface area contributed by atoms with Gasteiger partial charge in [0.2, 0.25) is 15.9 Å². The Morgan fingerprint density at radius 2 is 1.62 bits per heavy atom. The molecule has 0 aromatic heterocycles. The lowest BCUT2D eigenvalue weighted by atomic mass is 9.95. The van der Waals surface area contributed by atoms with Gasteiger partial charge >= 0.3 is 0 Å². The Labute approximate surface area is 128 Å². The topological polar surface area (TPSA) is 66.5 Å². The maximum Gasteiger partial charge on any atom is 0.221 e. The summed E-state index contributed by atoms with van der Waals surface area (Å²) in [6, 6.07) is 0.395. The molecule has 1 amide bonds. The van der Waals surface area contributed by atoms with Crippen molar-refractivity contribution >= 4 is 15.9 Å². The van der Waals surface area contributed by atoms with E-state index < -0.39 is 10.0 Å². The van der Waals surface area contributed by atoms with E-state index in [0.29, 0.717) is 12.6 Å². The molecule has 0 atom stereocenters. The molecule has 2 aliphatic carbocycles. The summed E-state index contributed by atoms with van der Waals surface area (Å²) in [5.74, 6) is -0.00800. The molecule has 2 saturated carbocycles. The van der Waals surface area contributed by atoms with Gasteiger partial charge in [0.1, 0.15) is 0 Å². The lowest BCUT2D eigenvalue weighted by Crippen LogP contribution is -2.43. The normalized spacial score (nSPS) is 21.8. The monoisotopic (exact) mass is 316 g/mol. The summed E-state index contributed by atoms with van der Waals surface area (Å²) >= 11 is 0. The van der Waals surface area contributed by atoms with Crippen LogP contribution in [-0.4, -0.2) is 43.5 Å². The first kappa shape index (κ1) is 16.7. The van der Waals surface area contributed by atoms with Gasteiger partial charge in [-0.1, -0.05) is 32.1 Å². The van der Waals surface area contributed by atoms with Crippen molar-refractivity contribution < 1.29 is 13.2 Å². The molecule has 2 aliphatic rings. The first-order chi connectivity index (χ1) is 9.97. The van der Waals surface area contributed by atoms with Crippen molar-refractivity contribution in [1.82, 2.24) is 9.62 Å². The average molecular weight is 316 g/mol. The molecule has 21 heavy (non-hydrogen) atoms. The van der Waals surface area contributed by atoms with Gasteiger partial charge < -0.3 is 5.32 Å². The van der Waals surface area contributed by atoms with Gasteiger partial charge in [0, 0.05) is 25.0 Å². The van der Waals surface area contributed by atoms with E-state index in [9.17, 15) is 13.2 Å². The van der Waals surface area contributed by atoms with E-state index in [-0.39, 0.29) is 18.4 Å². The summed E-state index contributed by atoms with van der Waals surface area (Å²) in [5, 5.41) is 3.03. The highest BCUT2D eigenvalue weighted by atomic mass is 32.2. The van der Waals surface area contributed by atoms with E-state index in [1.165, 1.54) is 25.5 Å². The molecule has 0 aliphatic heterocycles. The molecule has 5 nitrogen and oxygen atoms in total. The van der Waals surface area contributed by atoms with Crippen molar-refractivity contribution in [2.45, 2.75) is 76.3 Å². The van der Waals surface area contributed by atoms with Crippen LogP contribution in [0.3, 0.4) is 0 Å². The first-order valence-electron chi connectivity index (χ1n) is 8.23. The predicted molar refractivity (Wildman–Crippen MR) is 83.4 cm³/mol. The minimum absolute atomic E-state index is 0.00800. The van der Waals surface area contributed by atoms with Gasteiger partial charge in [-0.15, -0.1) is 0 Å². The summed E-state index contributed by atoms with van der Waals surface area (Å²) < 4.78 is 25.5. The number of nitrogens with one attached hydrogen (secondary N) is 1. The fourth-order valence-electron chi connectivity index (χ4n) is 3.57. The Kier molecular flexibility index (Phi) is 6.05. The maximum atomic E-state index is 12.0. The zero-order valence-corrected chi connectivity index (χ0v) is 13.8. The summed E-state index contributed by atoms with van der Waals surface area (Å²) in [6.07, 6.45) is 11.2. The van der Waals surface area contributed by atoms with Crippen LogP contribution < -0.4 is 5.32 Å². The summed E-state index contributed by atoms with van der Waals surface area (Å²) in [7, 11) is -3.23. The third kappa shape index (κ3) is 5.25. The highest BCUT2D eigenvalue weighted by Gasteiger charge is 2.28. The SMILES string of the molecule is CS(=O)(=O)N(CCC(=O)NC1CCCC1)C1CCCCC1. The van der Waals surface area contributed by atoms with Gasteiger partial charge in [-0.05, 0) is 25.7 Å². The van der Waals surface area contributed by atoms with Gasteiger partial charge in [0.15, 0.2) is 0 Å². The van der Waals surface area contributed by atoms with Gasteiger partial charge in [-0.2, -0.15) is 4.31 Å². The van der Waals surface area contributed by atoms with Crippen LogP contribution in [0, 0.1) is 0 Å². The zero-order chi connectivity index (χ0) is 15.3. The van der Waals surface area contributed by atoms with Gasteiger partial charge in [-0.25, -0.2) is 8.42 Å². The van der Waals surface area contributed by atoms with Crippen molar-refractivity contribution in [3.05, 3.63) is 0 Å². The fourth-order valence-corrected chi connectivity index (χ4v) is 4.75. The molecule has 0 radical (unpaired) electrons. The Hall–Kier alpha value is -0.620. The van der Waals surface area contributed by atoms with Crippen molar-refractivity contribution in [2.24, 2.45) is 0 Å². The van der Waals surface area contributed by atoms with Gasteiger partial charge in [0.05, 0.1) is 6.26 Å². The average Bonchev–Trinajstić information content (AvgIpc) is 2.91. The molecule has 0 aromatic carbocycles. The molecule has 0 bridgehead atoms. The van der Waals surface area contributed by atoms with Gasteiger partial charge in [0.25, 0.3) is 0 Å². The third-order valence-corrected chi connectivity index (χ3v) is 6.02. The Bertz CT molecular complexity index is 438. The van der Waals surface area contributed by atoms with Crippen LogP contribution in [0.4, 0.5) is 0 Å². The minimum Gasteiger partial charge on any atom is -0.353 e. The van der Waals surface area contributed by atoms with E-state index in [1.54, 1.807) is 4.31 Å².